The maximum atomic E-state index is 12.7. The summed E-state index contributed by atoms with van der Waals surface area (Å²) in [6.07, 6.45) is -0.626. The molecule has 1 rings (SSSR count). The van der Waals surface area contributed by atoms with Gasteiger partial charge in [0.15, 0.2) is 0 Å². The fourth-order valence-electron chi connectivity index (χ4n) is 2.17. The SMILES string of the molecule is CCOC(=O)[C@H](C)N(C(=O)Cc1c(Cl)cccc1Cl)C(C)OC. The minimum atomic E-state index is -0.779. The number of amides is 1. The lowest BCUT2D eigenvalue weighted by atomic mass is 10.1. The highest BCUT2D eigenvalue weighted by Gasteiger charge is 2.31. The lowest BCUT2D eigenvalue weighted by Gasteiger charge is -2.32. The first-order valence-electron chi connectivity index (χ1n) is 7.26. The van der Waals surface area contributed by atoms with E-state index in [4.69, 9.17) is 32.7 Å². The van der Waals surface area contributed by atoms with Crippen molar-refractivity contribution in [3.8, 4) is 0 Å². The number of carbonyl (C=O) groups is 2. The van der Waals surface area contributed by atoms with Crippen LogP contribution in [0.3, 0.4) is 0 Å². The lowest BCUT2D eigenvalue weighted by molar-refractivity contribution is -0.163. The summed E-state index contributed by atoms with van der Waals surface area (Å²) in [5.41, 5.74) is 0.519. The molecule has 1 amide bonds. The normalized spacial score (nSPS) is 13.3. The quantitative estimate of drug-likeness (QED) is 0.552. The molecule has 0 saturated carbocycles. The van der Waals surface area contributed by atoms with Gasteiger partial charge in [0, 0.05) is 17.2 Å². The monoisotopic (exact) mass is 361 g/mol. The molecule has 0 fully saturated rings. The van der Waals surface area contributed by atoms with Gasteiger partial charge in [-0.1, -0.05) is 29.3 Å². The number of ether oxygens (including phenoxy) is 2. The number of methoxy groups -OCH3 is 1. The van der Waals surface area contributed by atoms with Crippen molar-refractivity contribution in [2.75, 3.05) is 13.7 Å². The number of rotatable bonds is 7. The van der Waals surface area contributed by atoms with Crippen molar-refractivity contribution in [1.29, 1.82) is 0 Å². The predicted octanol–water partition coefficient (Wildman–Crippen LogP) is 3.31. The zero-order valence-electron chi connectivity index (χ0n) is 13.6. The molecule has 0 aliphatic carbocycles. The second-order valence-electron chi connectivity index (χ2n) is 4.94. The Balaban J connectivity index is 3.03. The van der Waals surface area contributed by atoms with Crippen LogP contribution in [0.5, 0.6) is 0 Å². The molecular weight excluding hydrogens is 341 g/mol. The topological polar surface area (TPSA) is 55.8 Å². The van der Waals surface area contributed by atoms with E-state index in [9.17, 15) is 9.59 Å². The standard InChI is InChI=1S/C16H21Cl2NO4/c1-5-23-16(21)10(2)19(11(3)22-4)15(20)9-12-13(17)7-6-8-14(12)18/h6-8,10-11H,5,9H2,1-4H3/t10-,11?/m0/s1. The zero-order chi connectivity index (χ0) is 17.6. The van der Waals surface area contributed by atoms with E-state index >= 15 is 0 Å². The van der Waals surface area contributed by atoms with Crippen LogP contribution in [-0.2, 0) is 25.5 Å². The summed E-state index contributed by atoms with van der Waals surface area (Å²) in [4.78, 5) is 26.0. The number of hydrogen-bond acceptors (Lipinski definition) is 4. The largest absolute Gasteiger partial charge is 0.464 e. The molecule has 0 saturated heterocycles. The third kappa shape index (κ3) is 5.09. The summed E-state index contributed by atoms with van der Waals surface area (Å²) in [7, 11) is 1.46. The summed E-state index contributed by atoms with van der Waals surface area (Å²) in [5.74, 6) is -0.815. The van der Waals surface area contributed by atoms with E-state index in [1.54, 1.807) is 39.0 Å². The molecule has 0 bridgehead atoms. The van der Waals surface area contributed by atoms with Gasteiger partial charge in [-0.15, -0.1) is 0 Å². The van der Waals surface area contributed by atoms with Crippen molar-refractivity contribution in [2.45, 2.75) is 39.5 Å². The highest BCUT2D eigenvalue weighted by Crippen LogP contribution is 2.26. The molecule has 2 atom stereocenters. The molecule has 128 valence electrons. The molecule has 23 heavy (non-hydrogen) atoms. The van der Waals surface area contributed by atoms with Crippen LogP contribution in [0.4, 0.5) is 0 Å². The van der Waals surface area contributed by atoms with E-state index in [-0.39, 0.29) is 18.9 Å². The van der Waals surface area contributed by atoms with E-state index in [0.717, 1.165) is 0 Å². The molecule has 1 aromatic rings. The van der Waals surface area contributed by atoms with E-state index < -0.39 is 18.2 Å². The number of halogens is 2. The minimum Gasteiger partial charge on any atom is -0.464 e. The smallest absolute Gasteiger partial charge is 0.328 e. The molecule has 0 aliphatic rings. The van der Waals surface area contributed by atoms with Gasteiger partial charge in [0.1, 0.15) is 12.3 Å². The van der Waals surface area contributed by atoms with Crippen molar-refractivity contribution in [1.82, 2.24) is 4.90 Å². The Hall–Kier alpha value is -1.30. The highest BCUT2D eigenvalue weighted by molar-refractivity contribution is 6.36. The molecule has 0 N–H and O–H groups in total. The third-order valence-corrected chi connectivity index (χ3v) is 4.16. The van der Waals surface area contributed by atoms with Gasteiger partial charge in [-0.05, 0) is 38.5 Å². The van der Waals surface area contributed by atoms with Crippen molar-refractivity contribution >= 4 is 35.1 Å². The van der Waals surface area contributed by atoms with E-state index in [1.165, 1.54) is 12.0 Å². The second kappa shape index (κ2) is 9.11. The Morgan fingerprint density at radius 2 is 1.78 bits per heavy atom. The molecule has 1 unspecified atom stereocenters. The Morgan fingerprint density at radius 3 is 2.26 bits per heavy atom. The van der Waals surface area contributed by atoms with E-state index in [0.29, 0.717) is 15.6 Å². The van der Waals surface area contributed by atoms with Crippen molar-refractivity contribution in [3.05, 3.63) is 33.8 Å². The van der Waals surface area contributed by atoms with E-state index in [1.807, 2.05) is 0 Å². The van der Waals surface area contributed by atoms with Gasteiger partial charge in [0.05, 0.1) is 13.0 Å². The Bertz CT molecular complexity index is 545. The third-order valence-electron chi connectivity index (χ3n) is 3.46. The zero-order valence-corrected chi connectivity index (χ0v) is 15.1. The molecular formula is C16H21Cl2NO4. The van der Waals surface area contributed by atoms with Gasteiger partial charge >= 0.3 is 5.97 Å². The number of esters is 1. The first-order chi connectivity index (χ1) is 10.8. The van der Waals surface area contributed by atoms with Crippen molar-refractivity contribution < 1.29 is 19.1 Å². The Morgan fingerprint density at radius 1 is 1.22 bits per heavy atom. The average Bonchev–Trinajstić information content (AvgIpc) is 2.51. The molecule has 1 aromatic carbocycles. The van der Waals surface area contributed by atoms with Crippen LogP contribution in [0.1, 0.15) is 26.3 Å². The Kier molecular flexibility index (Phi) is 7.82. The first kappa shape index (κ1) is 19.7. The van der Waals surface area contributed by atoms with Crippen LogP contribution in [0, 0.1) is 0 Å². The van der Waals surface area contributed by atoms with Gasteiger partial charge in [-0.2, -0.15) is 0 Å². The summed E-state index contributed by atoms with van der Waals surface area (Å²) >= 11 is 12.2. The summed E-state index contributed by atoms with van der Waals surface area (Å²) < 4.78 is 10.2. The lowest BCUT2D eigenvalue weighted by Crippen LogP contribution is -2.50. The first-order valence-corrected chi connectivity index (χ1v) is 8.02. The highest BCUT2D eigenvalue weighted by atomic mass is 35.5. The van der Waals surface area contributed by atoms with Crippen LogP contribution in [-0.4, -0.2) is 42.8 Å². The van der Waals surface area contributed by atoms with Crippen LogP contribution in [0.2, 0.25) is 10.0 Å². The van der Waals surface area contributed by atoms with Gasteiger partial charge in [0.2, 0.25) is 5.91 Å². The molecule has 0 heterocycles. The van der Waals surface area contributed by atoms with Crippen LogP contribution < -0.4 is 0 Å². The summed E-state index contributed by atoms with van der Waals surface area (Å²) in [5, 5.41) is 0.805. The fraction of sp³-hybridized carbons (Fsp3) is 0.500. The number of benzene rings is 1. The van der Waals surface area contributed by atoms with Gasteiger partial charge in [0.25, 0.3) is 0 Å². The molecule has 0 radical (unpaired) electrons. The van der Waals surface area contributed by atoms with Crippen LogP contribution in [0.15, 0.2) is 18.2 Å². The molecule has 7 heteroatoms. The van der Waals surface area contributed by atoms with Crippen molar-refractivity contribution in [2.24, 2.45) is 0 Å². The maximum absolute atomic E-state index is 12.7. The number of hydrogen-bond donors (Lipinski definition) is 0. The minimum absolute atomic E-state index is 0.0318. The van der Waals surface area contributed by atoms with Gasteiger partial charge in [-0.25, -0.2) is 4.79 Å². The number of nitrogens with zero attached hydrogens (tertiary/aromatic N) is 1. The molecule has 0 aliphatic heterocycles. The number of carbonyl (C=O) groups excluding carboxylic acids is 2. The molecule has 5 nitrogen and oxygen atoms in total. The van der Waals surface area contributed by atoms with Gasteiger partial charge < -0.3 is 14.4 Å². The van der Waals surface area contributed by atoms with Crippen LogP contribution in [0.25, 0.3) is 0 Å². The average molecular weight is 362 g/mol. The van der Waals surface area contributed by atoms with E-state index in [2.05, 4.69) is 0 Å². The van der Waals surface area contributed by atoms with Gasteiger partial charge in [-0.3, -0.25) is 4.79 Å². The molecule has 0 spiro atoms. The summed E-state index contributed by atoms with van der Waals surface area (Å²) in [6.45, 7) is 5.23. The predicted molar refractivity (Wildman–Crippen MR) is 89.6 cm³/mol. The maximum Gasteiger partial charge on any atom is 0.328 e. The fourth-order valence-corrected chi connectivity index (χ4v) is 2.70. The van der Waals surface area contributed by atoms with Crippen LogP contribution >= 0.6 is 23.2 Å². The Labute approximate surface area is 146 Å². The summed E-state index contributed by atoms with van der Waals surface area (Å²) in [6, 6.07) is 4.25. The molecule has 0 aromatic heterocycles. The second-order valence-corrected chi connectivity index (χ2v) is 5.76. The van der Waals surface area contributed by atoms with Crippen molar-refractivity contribution in [3.63, 3.8) is 0 Å².